The van der Waals surface area contributed by atoms with E-state index in [2.05, 4.69) is 15.9 Å². The van der Waals surface area contributed by atoms with Gasteiger partial charge in [-0.05, 0) is 48.9 Å². The van der Waals surface area contributed by atoms with Crippen molar-refractivity contribution < 1.29 is 13.6 Å². The maximum Gasteiger partial charge on any atom is 0.228 e. The second-order valence-electron chi connectivity index (χ2n) is 4.58. The number of halogens is 2. The van der Waals surface area contributed by atoms with E-state index in [9.17, 15) is 9.18 Å². The number of carbonyl (C=O) groups excluding carboxylic acids is 1. The van der Waals surface area contributed by atoms with Crippen molar-refractivity contribution in [1.29, 1.82) is 0 Å². The topological polar surface area (TPSA) is 30.2 Å². The van der Waals surface area contributed by atoms with Crippen LogP contribution >= 0.6 is 15.9 Å². The Morgan fingerprint density at radius 1 is 1.15 bits per heavy atom. The van der Waals surface area contributed by atoms with E-state index in [1.165, 1.54) is 18.2 Å². The first-order valence-electron chi connectivity index (χ1n) is 6.04. The zero-order valence-corrected chi connectivity index (χ0v) is 12.2. The number of fused-ring (bicyclic) bond motifs is 1. The van der Waals surface area contributed by atoms with E-state index < -0.39 is 0 Å². The molecule has 3 aromatic rings. The molecule has 0 saturated heterocycles. The summed E-state index contributed by atoms with van der Waals surface area (Å²) < 4.78 is 19.5. The molecule has 0 unspecified atom stereocenters. The van der Waals surface area contributed by atoms with Crippen LogP contribution in [0.5, 0.6) is 0 Å². The zero-order chi connectivity index (χ0) is 14.3. The Balaban J connectivity index is 2.10. The van der Waals surface area contributed by atoms with E-state index >= 15 is 0 Å². The minimum Gasteiger partial charge on any atom is -0.453 e. The summed E-state index contributed by atoms with van der Waals surface area (Å²) in [5.74, 6) is -0.344. The smallest absolute Gasteiger partial charge is 0.228 e. The summed E-state index contributed by atoms with van der Waals surface area (Å²) in [5.41, 5.74) is 1.94. The Morgan fingerprint density at radius 2 is 1.95 bits per heavy atom. The maximum absolute atomic E-state index is 13.2. The van der Waals surface area contributed by atoms with Gasteiger partial charge in [-0.1, -0.05) is 22.0 Å². The average Bonchev–Trinajstić information content (AvgIpc) is 2.83. The number of furan rings is 1. The van der Waals surface area contributed by atoms with Crippen molar-refractivity contribution in [3.63, 3.8) is 0 Å². The van der Waals surface area contributed by atoms with E-state index in [0.29, 0.717) is 16.5 Å². The standard InChI is InChI=1S/C16H10BrFO2/c1-9-2-3-11(17)8-13(9)16(19)15-7-10-6-12(18)4-5-14(10)20-15/h2-8H,1H3. The molecule has 0 amide bonds. The van der Waals surface area contributed by atoms with Crippen LogP contribution in [0.15, 0.2) is 51.4 Å². The Labute approximate surface area is 123 Å². The van der Waals surface area contributed by atoms with E-state index in [4.69, 9.17) is 4.42 Å². The lowest BCUT2D eigenvalue weighted by atomic mass is 10.0. The molecule has 2 nitrogen and oxygen atoms in total. The first-order valence-corrected chi connectivity index (χ1v) is 6.84. The largest absolute Gasteiger partial charge is 0.453 e. The summed E-state index contributed by atoms with van der Waals surface area (Å²) in [6.45, 7) is 1.86. The monoisotopic (exact) mass is 332 g/mol. The lowest BCUT2D eigenvalue weighted by molar-refractivity contribution is 0.101. The first kappa shape index (κ1) is 13.1. The molecule has 20 heavy (non-hydrogen) atoms. The summed E-state index contributed by atoms with van der Waals surface area (Å²) in [7, 11) is 0. The summed E-state index contributed by atoms with van der Waals surface area (Å²) in [4.78, 5) is 12.5. The summed E-state index contributed by atoms with van der Waals surface area (Å²) in [6, 6.07) is 11.2. The van der Waals surface area contributed by atoms with E-state index in [-0.39, 0.29) is 17.4 Å². The van der Waals surface area contributed by atoms with Crippen LogP contribution in [-0.2, 0) is 0 Å². The fourth-order valence-corrected chi connectivity index (χ4v) is 2.46. The molecule has 0 radical (unpaired) electrons. The number of aryl methyl sites for hydroxylation is 1. The molecule has 3 rings (SSSR count). The second-order valence-corrected chi connectivity index (χ2v) is 5.50. The van der Waals surface area contributed by atoms with Gasteiger partial charge in [-0.2, -0.15) is 0 Å². The third-order valence-electron chi connectivity index (χ3n) is 3.15. The van der Waals surface area contributed by atoms with Gasteiger partial charge in [-0.3, -0.25) is 4.79 Å². The highest BCUT2D eigenvalue weighted by atomic mass is 79.9. The Hall–Kier alpha value is -1.94. The molecule has 100 valence electrons. The summed E-state index contributed by atoms with van der Waals surface area (Å²) in [5, 5.41) is 0.584. The predicted octanol–water partition coefficient (Wildman–Crippen LogP) is 4.87. The third-order valence-corrected chi connectivity index (χ3v) is 3.64. The van der Waals surface area contributed by atoms with Crippen molar-refractivity contribution >= 4 is 32.7 Å². The third kappa shape index (κ3) is 2.27. The molecule has 0 saturated carbocycles. The van der Waals surface area contributed by atoms with E-state index in [1.807, 2.05) is 19.1 Å². The molecule has 4 heteroatoms. The van der Waals surface area contributed by atoms with Crippen LogP contribution in [0, 0.1) is 12.7 Å². The lowest BCUT2D eigenvalue weighted by Crippen LogP contribution is -2.02. The maximum atomic E-state index is 13.2. The molecular formula is C16H10BrFO2. The van der Waals surface area contributed by atoms with Gasteiger partial charge in [0.05, 0.1) is 0 Å². The molecule has 2 aromatic carbocycles. The second kappa shape index (κ2) is 4.87. The molecule has 0 aliphatic rings. The highest BCUT2D eigenvalue weighted by molar-refractivity contribution is 9.10. The molecular weight excluding hydrogens is 323 g/mol. The molecule has 0 fully saturated rings. The van der Waals surface area contributed by atoms with Crippen LogP contribution in [0.1, 0.15) is 21.7 Å². The minimum absolute atomic E-state index is 0.208. The van der Waals surface area contributed by atoms with Gasteiger partial charge in [-0.25, -0.2) is 4.39 Å². The molecule has 1 aromatic heterocycles. The van der Waals surface area contributed by atoms with Crippen molar-refractivity contribution in [1.82, 2.24) is 0 Å². The number of hydrogen-bond acceptors (Lipinski definition) is 2. The molecule has 1 heterocycles. The predicted molar refractivity (Wildman–Crippen MR) is 78.5 cm³/mol. The van der Waals surface area contributed by atoms with Crippen molar-refractivity contribution in [2.75, 3.05) is 0 Å². The SMILES string of the molecule is Cc1ccc(Br)cc1C(=O)c1cc2cc(F)ccc2o1. The highest BCUT2D eigenvalue weighted by Gasteiger charge is 2.17. The van der Waals surface area contributed by atoms with Crippen molar-refractivity contribution in [3.05, 3.63) is 69.6 Å². The average molecular weight is 333 g/mol. The minimum atomic E-state index is -0.351. The van der Waals surface area contributed by atoms with Gasteiger partial charge in [-0.15, -0.1) is 0 Å². The highest BCUT2D eigenvalue weighted by Crippen LogP contribution is 2.24. The fourth-order valence-electron chi connectivity index (χ4n) is 2.10. The van der Waals surface area contributed by atoms with Gasteiger partial charge in [0.25, 0.3) is 0 Å². The number of rotatable bonds is 2. The molecule has 0 bridgehead atoms. The Morgan fingerprint density at radius 3 is 2.75 bits per heavy atom. The van der Waals surface area contributed by atoms with Gasteiger partial charge in [0, 0.05) is 15.4 Å². The van der Waals surface area contributed by atoms with E-state index in [1.54, 1.807) is 12.1 Å². The lowest BCUT2D eigenvalue weighted by Gasteiger charge is -2.03. The van der Waals surface area contributed by atoms with Crippen LogP contribution in [0.3, 0.4) is 0 Å². The first-order chi connectivity index (χ1) is 9.54. The van der Waals surface area contributed by atoms with Gasteiger partial charge in [0.2, 0.25) is 5.78 Å². The van der Waals surface area contributed by atoms with Gasteiger partial charge in [0.15, 0.2) is 5.76 Å². The Bertz CT molecular complexity index is 820. The molecule has 0 aliphatic heterocycles. The van der Waals surface area contributed by atoms with E-state index in [0.717, 1.165) is 10.0 Å². The molecule has 0 aliphatic carbocycles. The van der Waals surface area contributed by atoms with Crippen LogP contribution in [-0.4, -0.2) is 5.78 Å². The summed E-state index contributed by atoms with van der Waals surface area (Å²) >= 11 is 3.35. The quantitative estimate of drug-likeness (QED) is 0.626. The van der Waals surface area contributed by atoms with Gasteiger partial charge in [0.1, 0.15) is 11.4 Å². The number of ketones is 1. The molecule has 0 N–H and O–H groups in total. The van der Waals surface area contributed by atoms with Crippen molar-refractivity contribution in [2.45, 2.75) is 6.92 Å². The number of benzene rings is 2. The molecule has 0 spiro atoms. The fraction of sp³-hybridized carbons (Fsp3) is 0.0625. The zero-order valence-electron chi connectivity index (χ0n) is 10.6. The van der Waals surface area contributed by atoms with Crippen molar-refractivity contribution in [3.8, 4) is 0 Å². The van der Waals surface area contributed by atoms with Crippen LogP contribution in [0.25, 0.3) is 11.0 Å². The van der Waals surface area contributed by atoms with Crippen molar-refractivity contribution in [2.24, 2.45) is 0 Å². The van der Waals surface area contributed by atoms with Gasteiger partial charge >= 0.3 is 0 Å². The summed E-state index contributed by atoms with van der Waals surface area (Å²) in [6.07, 6.45) is 0. The Kier molecular flexibility index (Phi) is 3.18. The number of hydrogen-bond donors (Lipinski definition) is 0. The van der Waals surface area contributed by atoms with Crippen LogP contribution < -0.4 is 0 Å². The number of carbonyl (C=O) groups is 1. The van der Waals surface area contributed by atoms with Crippen LogP contribution in [0.4, 0.5) is 4.39 Å². The van der Waals surface area contributed by atoms with Crippen LogP contribution in [0.2, 0.25) is 0 Å². The molecule has 0 atom stereocenters. The normalized spacial score (nSPS) is 10.9. The van der Waals surface area contributed by atoms with Gasteiger partial charge < -0.3 is 4.42 Å².